The summed E-state index contributed by atoms with van der Waals surface area (Å²) in [6.07, 6.45) is 1.87. The summed E-state index contributed by atoms with van der Waals surface area (Å²) >= 11 is 1.81. The Morgan fingerprint density at radius 1 is 0.621 bits per heavy atom. The average Bonchev–Trinajstić information content (AvgIpc) is 3.78. The maximum atomic E-state index is 12.5. The van der Waals surface area contributed by atoms with Crippen LogP contribution in [-0.2, 0) is 10.8 Å². The van der Waals surface area contributed by atoms with Crippen molar-refractivity contribution < 1.29 is 5.11 Å². The van der Waals surface area contributed by atoms with E-state index in [-0.39, 0.29) is 22.5 Å². The summed E-state index contributed by atoms with van der Waals surface area (Å²) in [5.74, 6) is 1.20. The molecule has 0 unspecified atom stereocenters. The van der Waals surface area contributed by atoms with Crippen LogP contribution in [0.1, 0.15) is 78.0 Å². The number of rotatable bonds is 6. The monoisotopic (exact) mass is 775 g/mol. The fourth-order valence-electron chi connectivity index (χ4n) is 8.41. The second-order valence-corrected chi connectivity index (χ2v) is 18.9. The van der Waals surface area contributed by atoms with Crippen molar-refractivity contribution in [2.75, 3.05) is 0 Å². The molecule has 0 amide bonds. The molecule has 0 aliphatic rings. The number of imidazole rings is 1. The lowest BCUT2D eigenvalue weighted by Gasteiger charge is -2.28. The Morgan fingerprint density at radius 2 is 1.34 bits per heavy atom. The van der Waals surface area contributed by atoms with Crippen molar-refractivity contribution >= 4 is 42.5 Å². The lowest BCUT2D eigenvalue weighted by Crippen LogP contribution is -2.17. The molecule has 0 saturated heterocycles. The van der Waals surface area contributed by atoms with Crippen LogP contribution >= 0.6 is 11.3 Å². The molecule has 1 N–H and O–H groups in total. The standard InChI is InChI=1S/C53H49N3OS/c1-32(2)36-21-16-23-38(33-18-10-9-11-19-33)49(36)56-44-25-17-22-37(48(44)55-51(56)41-30-35(52(3,4)5)31-42(50(41)57)53(6,7)8)34-28-40(43-24-14-15-27-54-43)47-39-20-12-13-26-45(39)58-46(47)29-34/h9-32,57H,1-8H3. The van der Waals surface area contributed by atoms with Crippen LogP contribution in [0.3, 0.4) is 0 Å². The van der Waals surface area contributed by atoms with Crippen molar-refractivity contribution in [2.24, 2.45) is 0 Å². The molecule has 0 radical (unpaired) electrons. The highest BCUT2D eigenvalue weighted by molar-refractivity contribution is 7.26. The zero-order chi connectivity index (χ0) is 40.5. The van der Waals surface area contributed by atoms with Gasteiger partial charge in [0.25, 0.3) is 0 Å². The molecular formula is C53H49N3OS. The molecule has 288 valence electrons. The van der Waals surface area contributed by atoms with Gasteiger partial charge in [-0.2, -0.15) is 0 Å². The molecule has 58 heavy (non-hydrogen) atoms. The van der Waals surface area contributed by atoms with Crippen molar-refractivity contribution in [2.45, 2.75) is 72.1 Å². The highest BCUT2D eigenvalue weighted by Gasteiger charge is 2.30. The Hall–Kier alpha value is -6.04. The van der Waals surface area contributed by atoms with Gasteiger partial charge in [-0.3, -0.25) is 9.55 Å². The van der Waals surface area contributed by atoms with E-state index >= 15 is 0 Å². The number of hydrogen-bond donors (Lipinski definition) is 1. The van der Waals surface area contributed by atoms with Crippen LogP contribution in [0.15, 0.2) is 140 Å². The molecule has 4 nitrogen and oxygen atoms in total. The molecule has 0 atom stereocenters. The van der Waals surface area contributed by atoms with Gasteiger partial charge in [0, 0.05) is 48.6 Å². The molecular weight excluding hydrogens is 727 g/mol. The van der Waals surface area contributed by atoms with Gasteiger partial charge in [0.05, 0.1) is 28.0 Å². The van der Waals surface area contributed by atoms with Crippen LogP contribution < -0.4 is 0 Å². The van der Waals surface area contributed by atoms with Gasteiger partial charge in [0.2, 0.25) is 0 Å². The van der Waals surface area contributed by atoms with E-state index in [9.17, 15) is 5.11 Å². The largest absolute Gasteiger partial charge is 0.507 e. The van der Waals surface area contributed by atoms with Gasteiger partial charge in [-0.25, -0.2) is 4.98 Å². The van der Waals surface area contributed by atoms with Crippen LogP contribution in [0, 0.1) is 0 Å². The quantitative estimate of drug-likeness (QED) is 0.183. The minimum Gasteiger partial charge on any atom is -0.507 e. The molecule has 5 heteroatoms. The number of phenols is 1. The molecule has 0 aliphatic heterocycles. The fraction of sp³-hybridized carbons (Fsp3) is 0.208. The summed E-state index contributed by atoms with van der Waals surface area (Å²) in [5.41, 5.74) is 12.8. The topological polar surface area (TPSA) is 50.9 Å². The van der Waals surface area contributed by atoms with E-state index in [1.165, 1.54) is 25.7 Å². The smallest absolute Gasteiger partial charge is 0.149 e. The van der Waals surface area contributed by atoms with Crippen molar-refractivity contribution in [3.05, 3.63) is 156 Å². The van der Waals surface area contributed by atoms with E-state index in [4.69, 9.17) is 9.97 Å². The molecule has 0 aliphatic carbocycles. The zero-order valence-electron chi connectivity index (χ0n) is 34.6. The molecule has 6 aromatic carbocycles. The number of aromatic nitrogens is 3. The van der Waals surface area contributed by atoms with Crippen LogP contribution in [0.25, 0.3) is 81.8 Å². The normalized spacial score (nSPS) is 12.4. The van der Waals surface area contributed by atoms with Gasteiger partial charge in [-0.15, -0.1) is 11.3 Å². The Labute approximate surface area is 345 Å². The maximum Gasteiger partial charge on any atom is 0.149 e. The van der Waals surface area contributed by atoms with E-state index in [2.05, 4.69) is 187 Å². The first-order valence-corrected chi connectivity index (χ1v) is 21.1. The van der Waals surface area contributed by atoms with Crippen LogP contribution in [0.2, 0.25) is 0 Å². The molecule has 9 rings (SSSR count). The van der Waals surface area contributed by atoms with E-state index in [0.29, 0.717) is 0 Å². The van der Waals surface area contributed by atoms with E-state index < -0.39 is 0 Å². The molecule has 0 bridgehead atoms. The lowest BCUT2D eigenvalue weighted by atomic mass is 9.79. The number of nitrogens with zero attached hydrogens (tertiary/aromatic N) is 3. The number of hydrogen-bond acceptors (Lipinski definition) is 4. The summed E-state index contributed by atoms with van der Waals surface area (Å²) in [4.78, 5) is 10.6. The summed E-state index contributed by atoms with van der Waals surface area (Å²) in [5, 5.41) is 15.0. The Morgan fingerprint density at radius 3 is 2.07 bits per heavy atom. The number of pyridine rings is 1. The van der Waals surface area contributed by atoms with E-state index in [1.807, 2.05) is 23.6 Å². The first-order valence-electron chi connectivity index (χ1n) is 20.2. The van der Waals surface area contributed by atoms with Crippen molar-refractivity contribution in [1.29, 1.82) is 0 Å². The minimum atomic E-state index is -0.311. The Balaban J connectivity index is 1.43. The summed E-state index contributed by atoms with van der Waals surface area (Å²) in [6.45, 7) is 17.7. The van der Waals surface area contributed by atoms with E-state index in [1.54, 1.807) is 0 Å². The molecule has 0 spiro atoms. The Bertz CT molecular complexity index is 3000. The summed E-state index contributed by atoms with van der Waals surface area (Å²) in [6, 6.07) is 47.6. The maximum absolute atomic E-state index is 12.5. The van der Waals surface area contributed by atoms with Crippen LogP contribution in [-0.4, -0.2) is 19.6 Å². The Kier molecular flexibility index (Phi) is 9.13. The van der Waals surface area contributed by atoms with Crippen molar-refractivity contribution in [3.63, 3.8) is 0 Å². The molecule has 0 saturated carbocycles. The number of aromatic hydroxyl groups is 1. The fourth-order valence-corrected chi connectivity index (χ4v) is 9.58. The van der Waals surface area contributed by atoms with Gasteiger partial charge in [-0.05, 0) is 81.5 Å². The first kappa shape index (κ1) is 37.5. The van der Waals surface area contributed by atoms with Gasteiger partial charge in [0.15, 0.2) is 0 Å². The predicted octanol–water partition coefficient (Wildman–Crippen LogP) is 14.9. The van der Waals surface area contributed by atoms with Crippen LogP contribution in [0.4, 0.5) is 0 Å². The summed E-state index contributed by atoms with van der Waals surface area (Å²) in [7, 11) is 0. The molecule has 3 heterocycles. The molecule has 0 fully saturated rings. The van der Waals surface area contributed by atoms with Crippen molar-refractivity contribution in [3.8, 4) is 56.3 Å². The third-order valence-corrected chi connectivity index (χ3v) is 12.6. The summed E-state index contributed by atoms with van der Waals surface area (Å²) < 4.78 is 4.79. The van der Waals surface area contributed by atoms with E-state index in [0.717, 1.165) is 72.7 Å². The van der Waals surface area contributed by atoms with Gasteiger partial charge in [0.1, 0.15) is 11.6 Å². The van der Waals surface area contributed by atoms with Gasteiger partial charge < -0.3 is 5.11 Å². The average molecular weight is 776 g/mol. The molecule has 3 aromatic heterocycles. The first-order chi connectivity index (χ1) is 27.8. The third kappa shape index (κ3) is 6.38. The van der Waals surface area contributed by atoms with Crippen LogP contribution in [0.5, 0.6) is 5.75 Å². The minimum absolute atomic E-state index is 0.170. The predicted molar refractivity (Wildman–Crippen MR) is 247 cm³/mol. The number of fused-ring (bicyclic) bond motifs is 4. The van der Waals surface area contributed by atoms with Gasteiger partial charge in [-0.1, -0.05) is 146 Å². The SMILES string of the molecule is CC(C)c1cccc(-c2ccccc2)c1-n1c(-c2cc(C(C)(C)C)cc(C(C)(C)C)c2O)nc2c(-c3cc(-c4ccccn4)c4c(c3)sc3ccccc34)cccc21. The lowest BCUT2D eigenvalue weighted by molar-refractivity contribution is 0.446. The molecule has 9 aromatic rings. The van der Waals surface area contributed by atoms with Gasteiger partial charge >= 0.3 is 0 Å². The number of para-hydroxylation sites is 2. The zero-order valence-corrected chi connectivity index (χ0v) is 35.4. The third-order valence-electron chi connectivity index (χ3n) is 11.4. The second-order valence-electron chi connectivity index (χ2n) is 17.8. The highest BCUT2D eigenvalue weighted by Crippen LogP contribution is 2.48. The number of phenolic OH excluding ortho intramolecular Hbond substituents is 1. The highest BCUT2D eigenvalue weighted by atomic mass is 32.1. The number of benzene rings is 6. The second kappa shape index (κ2) is 14.1. The van der Waals surface area contributed by atoms with Crippen molar-refractivity contribution in [1.82, 2.24) is 14.5 Å². The number of thiophene rings is 1.